The van der Waals surface area contributed by atoms with E-state index < -0.39 is 6.04 Å². The van der Waals surface area contributed by atoms with Crippen LogP contribution in [0.2, 0.25) is 5.02 Å². The van der Waals surface area contributed by atoms with E-state index in [1.165, 1.54) is 0 Å². The van der Waals surface area contributed by atoms with Crippen LogP contribution in [-0.4, -0.2) is 48.7 Å². The van der Waals surface area contributed by atoms with Gasteiger partial charge in [0.05, 0.1) is 7.11 Å². The van der Waals surface area contributed by atoms with Gasteiger partial charge in [0, 0.05) is 35.2 Å². The molecule has 0 saturated carbocycles. The highest BCUT2D eigenvalue weighted by atomic mass is 35.5. The Morgan fingerprint density at radius 1 is 1.00 bits per heavy atom. The Balaban J connectivity index is 1.61. The molecule has 0 bridgehead atoms. The number of rotatable bonds is 8. The van der Waals surface area contributed by atoms with Crippen LogP contribution in [0.1, 0.15) is 53.8 Å². The molecule has 1 unspecified atom stereocenters. The van der Waals surface area contributed by atoms with Crippen LogP contribution >= 0.6 is 11.6 Å². The Kier molecular flexibility index (Phi) is 8.50. The average Bonchev–Trinajstić information content (AvgIpc) is 2.83. The molecule has 0 radical (unpaired) electrons. The topological polar surface area (TPSA) is 75.7 Å². The Labute approximate surface area is 200 Å². The van der Waals surface area contributed by atoms with Gasteiger partial charge in [-0.05, 0) is 73.7 Å². The van der Waals surface area contributed by atoms with E-state index in [4.69, 9.17) is 16.3 Å². The highest BCUT2D eigenvalue weighted by molar-refractivity contribution is 6.30. The van der Waals surface area contributed by atoms with Gasteiger partial charge in [0.1, 0.15) is 11.8 Å². The maximum atomic E-state index is 13.3. The second-order valence-corrected chi connectivity index (χ2v) is 9.29. The summed E-state index contributed by atoms with van der Waals surface area (Å²) in [5.74, 6) is 0.535. The van der Waals surface area contributed by atoms with Crippen molar-refractivity contribution in [1.29, 1.82) is 0 Å². The molecule has 1 N–H and O–H groups in total. The van der Waals surface area contributed by atoms with E-state index in [-0.39, 0.29) is 29.4 Å². The molecule has 0 aromatic heterocycles. The molecule has 1 aliphatic rings. The van der Waals surface area contributed by atoms with Crippen LogP contribution in [0.4, 0.5) is 0 Å². The molecule has 33 heavy (non-hydrogen) atoms. The van der Waals surface area contributed by atoms with E-state index in [0.29, 0.717) is 54.3 Å². The number of carbonyl (C=O) groups is 3. The van der Waals surface area contributed by atoms with Gasteiger partial charge in [-0.15, -0.1) is 0 Å². The van der Waals surface area contributed by atoms with Crippen molar-refractivity contribution in [1.82, 2.24) is 10.2 Å². The normalized spacial score (nSPS) is 15.2. The first-order valence-electron chi connectivity index (χ1n) is 11.3. The van der Waals surface area contributed by atoms with E-state index >= 15 is 0 Å². The lowest BCUT2D eigenvalue weighted by Crippen LogP contribution is -2.51. The molecule has 7 heteroatoms. The number of likely N-dealkylation sites (tertiary alicyclic amines) is 1. The summed E-state index contributed by atoms with van der Waals surface area (Å²) < 4.78 is 5.15. The van der Waals surface area contributed by atoms with Gasteiger partial charge in [-0.3, -0.25) is 14.4 Å². The SMILES string of the molecule is COc1ccc(C(=O)C2CCN(C(=O)C(CC(C)C)NC(=O)c3ccc(Cl)cc3)CC2)cc1. The summed E-state index contributed by atoms with van der Waals surface area (Å²) in [6.45, 7) is 5.04. The first-order chi connectivity index (χ1) is 15.8. The average molecular weight is 471 g/mol. The summed E-state index contributed by atoms with van der Waals surface area (Å²) in [6.07, 6.45) is 1.76. The van der Waals surface area contributed by atoms with Crippen molar-refractivity contribution < 1.29 is 19.1 Å². The third-order valence-electron chi connectivity index (χ3n) is 5.97. The molecule has 2 aromatic carbocycles. The van der Waals surface area contributed by atoms with Gasteiger partial charge < -0.3 is 15.0 Å². The van der Waals surface area contributed by atoms with Crippen molar-refractivity contribution >= 4 is 29.2 Å². The Morgan fingerprint density at radius 2 is 1.58 bits per heavy atom. The molecule has 6 nitrogen and oxygen atoms in total. The van der Waals surface area contributed by atoms with Crippen LogP contribution in [0.5, 0.6) is 5.75 Å². The first kappa shape index (κ1) is 24.8. The lowest BCUT2D eigenvalue weighted by atomic mass is 9.88. The number of nitrogens with zero attached hydrogens (tertiary/aromatic N) is 1. The van der Waals surface area contributed by atoms with E-state index in [1.54, 1.807) is 60.5 Å². The predicted octanol–water partition coefficient (Wildman–Crippen LogP) is 4.61. The highest BCUT2D eigenvalue weighted by Crippen LogP contribution is 2.24. The summed E-state index contributed by atoms with van der Waals surface area (Å²) in [5, 5.41) is 3.45. The van der Waals surface area contributed by atoms with Crippen molar-refractivity contribution in [3.8, 4) is 5.75 Å². The zero-order chi connectivity index (χ0) is 24.0. The smallest absolute Gasteiger partial charge is 0.251 e. The number of benzene rings is 2. The number of piperidine rings is 1. The lowest BCUT2D eigenvalue weighted by Gasteiger charge is -2.34. The Hall–Kier alpha value is -2.86. The molecule has 0 aliphatic carbocycles. The van der Waals surface area contributed by atoms with E-state index in [1.807, 2.05) is 13.8 Å². The van der Waals surface area contributed by atoms with Crippen LogP contribution in [0.3, 0.4) is 0 Å². The summed E-state index contributed by atoms with van der Waals surface area (Å²) in [5.41, 5.74) is 1.12. The molecule has 1 atom stereocenters. The van der Waals surface area contributed by atoms with Gasteiger partial charge in [0.15, 0.2) is 5.78 Å². The molecule has 1 heterocycles. The second-order valence-electron chi connectivity index (χ2n) is 8.85. The number of amides is 2. The zero-order valence-corrected chi connectivity index (χ0v) is 20.1. The molecule has 2 amide bonds. The van der Waals surface area contributed by atoms with Crippen molar-refractivity contribution in [2.45, 2.75) is 39.2 Å². The third kappa shape index (κ3) is 6.57. The number of carbonyl (C=O) groups excluding carboxylic acids is 3. The van der Waals surface area contributed by atoms with Crippen LogP contribution < -0.4 is 10.1 Å². The second kappa shape index (κ2) is 11.3. The maximum Gasteiger partial charge on any atom is 0.251 e. The summed E-state index contributed by atoms with van der Waals surface area (Å²) >= 11 is 5.91. The fourth-order valence-electron chi connectivity index (χ4n) is 4.11. The third-order valence-corrected chi connectivity index (χ3v) is 6.22. The summed E-state index contributed by atoms with van der Waals surface area (Å²) in [7, 11) is 1.59. The quantitative estimate of drug-likeness (QED) is 0.571. The monoisotopic (exact) mass is 470 g/mol. The molecule has 176 valence electrons. The van der Waals surface area contributed by atoms with Crippen molar-refractivity contribution in [3.63, 3.8) is 0 Å². The lowest BCUT2D eigenvalue weighted by molar-refractivity contribution is -0.134. The molecule has 1 fully saturated rings. The van der Waals surface area contributed by atoms with Gasteiger partial charge in [0.2, 0.25) is 5.91 Å². The molecule has 1 saturated heterocycles. The zero-order valence-electron chi connectivity index (χ0n) is 19.3. The highest BCUT2D eigenvalue weighted by Gasteiger charge is 2.32. The van der Waals surface area contributed by atoms with E-state index in [0.717, 1.165) is 0 Å². The van der Waals surface area contributed by atoms with Crippen molar-refractivity contribution in [3.05, 3.63) is 64.7 Å². The van der Waals surface area contributed by atoms with Gasteiger partial charge in [-0.25, -0.2) is 0 Å². The van der Waals surface area contributed by atoms with Crippen LogP contribution in [0, 0.1) is 11.8 Å². The number of methoxy groups -OCH3 is 1. The summed E-state index contributed by atoms with van der Waals surface area (Å²) in [4.78, 5) is 40.6. The number of hydrogen-bond donors (Lipinski definition) is 1. The fourth-order valence-corrected chi connectivity index (χ4v) is 4.24. The molecular weight excluding hydrogens is 440 g/mol. The number of ketones is 1. The Bertz CT molecular complexity index is 965. The van der Waals surface area contributed by atoms with Gasteiger partial charge in [0.25, 0.3) is 5.91 Å². The molecule has 3 rings (SSSR count). The molecule has 0 spiro atoms. The minimum atomic E-state index is -0.609. The van der Waals surface area contributed by atoms with Crippen LogP contribution in [0.25, 0.3) is 0 Å². The van der Waals surface area contributed by atoms with E-state index in [9.17, 15) is 14.4 Å². The first-order valence-corrected chi connectivity index (χ1v) is 11.7. The fraction of sp³-hybridized carbons (Fsp3) is 0.423. The maximum absolute atomic E-state index is 13.3. The number of nitrogens with one attached hydrogen (secondary N) is 1. The molecule has 2 aromatic rings. The van der Waals surface area contributed by atoms with Gasteiger partial charge >= 0.3 is 0 Å². The Morgan fingerprint density at radius 3 is 2.12 bits per heavy atom. The molecular formula is C26H31ClN2O4. The van der Waals surface area contributed by atoms with Crippen molar-refractivity contribution in [2.75, 3.05) is 20.2 Å². The number of hydrogen-bond acceptors (Lipinski definition) is 4. The minimum Gasteiger partial charge on any atom is -0.497 e. The summed E-state index contributed by atoms with van der Waals surface area (Å²) in [6, 6.07) is 13.1. The van der Waals surface area contributed by atoms with Crippen LogP contribution in [0.15, 0.2) is 48.5 Å². The number of halogens is 1. The molecule has 1 aliphatic heterocycles. The van der Waals surface area contributed by atoms with Gasteiger partial charge in [-0.1, -0.05) is 25.4 Å². The van der Waals surface area contributed by atoms with Gasteiger partial charge in [-0.2, -0.15) is 0 Å². The number of ether oxygens (including phenoxy) is 1. The minimum absolute atomic E-state index is 0.0960. The van der Waals surface area contributed by atoms with Crippen molar-refractivity contribution in [2.24, 2.45) is 11.8 Å². The van der Waals surface area contributed by atoms with E-state index in [2.05, 4.69) is 5.32 Å². The number of Topliss-reactive ketones (excluding diaryl/α,β-unsaturated/α-hetero) is 1. The predicted molar refractivity (Wildman–Crippen MR) is 129 cm³/mol. The van der Waals surface area contributed by atoms with Crippen LogP contribution in [-0.2, 0) is 4.79 Å². The largest absolute Gasteiger partial charge is 0.497 e. The standard InChI is InChI=1S/C26H31ClN2O4/c1-17(2)16-23(28-25(31)20-4-8-21(27)9-5-20)26(32)29-14-12-19(13-15-29)24(30)18-6-10-22(33-3)11-7-18/h4-11,17,19,23H,12-16H2,1-3H3,(H,28,31).